The maximum absolute atomic E-state index is 12.0. The van der Waals surface area contributed by atoms with E-state index in [-0.39, 0.29) is 18.6 Å². The Morgan fingerprint density at radius 1 is 1.52 bits per heavy atom. The molecule has 21 heavy (non-hydrogen) atoms. The van der Waals surface area contributed by atoms with Gasteiger partial charge < -0.3 is 16.2 Å². The molecule has 0 spiro atoms. The van der Waals surface area contributed by atoms with E-state index in [0.29, 0.717) is 25.4 Å². The van der Waals surface area contributed by atoms with Gasteiger partial charge in [0.2, 0.25) is 5.91 Å². The lowest BCUT2D eigenvalue weighted by molar-refractivity contribution is -0.116. The van der Waals surface area contributed by atoms with Crippen molar-refractivity contribution in [3.63, 3.8) is 0 Å². The summed E-state index contributed by atoms with van der Waals surface area (Å²) in [7, 11) is 0. The van der Waals surface area contributed by atoms with E-state index in [1.165, 1.54) is 0 Å². The van der Waals surface area contributed by atoms with Crippen molar-refractivity contribution in [3.05, 3.63) is 29.8 Å². The number of aliphatic hydroxyl groups is 1. The number of nitrogens with one attached hydrogen (secondary N) is 1. The van der Waals surface area contributed by atoms with Gasteiger partial charge >= 0.3 is 0 Å². The SMILES string of the molecule is CC1CCN(CCC(=O)Nc2cccc(CN)c2)C1CO. The molecule has 116 valence electrons. The molecule has 1 aliphatic heterocycles. The molecule has 0 bridgehead atoms. The second kappa shape index (κ2) is 7.54. The van der Waals surface area contributed by atoms with Gasteiger partial charge in [-0.05, 0) is 36.6 Å². The summed E-state index contributed by atoms with van der Waals surface area (Å²) in [6.07, 6.45) is 1.53. The molecule has 1 amide bonds. The number of nitrogens with two attached hydrogens (primary N) is 1. The molecule has 1 aliphatic rings. The van der Waals surface area contributed by atoms with Gasteiger partial charge in [0.15, 0.2) is 0 Å². The molecular weight excluding hydrogens is 266 g/mol. The second-order valence-corrected chi connectivity index (χ2v) is 5.75. The number of hydrogen-bond donors (Lipinski definition) is 3. The average Bonchev–Trinajstić information content (AvgIpc) is 2.85. The smallest absolute Gasteiger partial charge is 0.225 e. The van der Waals surface area contributed by atoms with Crippen molar-refractivity contribution in [3.8, 4) is 0 Å². The van der Waals surface area contributed by atoms with Gasteiger partial charge in [0.1, 0.15) is 0 Å². The molecule has 2 rings (SSSR count). The molecular formula is C16H25N3O2. The van der Waals surface area contributed by atoms with Crippen LogP contribution in [0.3, 0.4) is 0 Å². The van der Waals surface area contributed by atoms with Gasteiger partial charge in [0.05, 0.1) is 6.61 Å². The molecule has 4 N–H and O–H groups in total. The highest BCUT2D eigenvalue weighted by atomic mass is 16.3. The van der Waals surface area contributed by atoms with Gasteiger partial charge in [0, 0.05) is 31.2 Å². The summed E-state index contributed by atoms with van der Waals surface area (Å²) in [4.78, 5) is 14.2. The Labute approximate surface area is 126 Å². The number of carbonyl (C=O) groups excluding carboxylic acids is 1. The van der Waals surface area contributed by atoms with Gasteiger partial charge in [-0.25, -0.2) is 0 Å². The second-order valence-electron chi connectivity index (χ2n) is 5.75. The van der Waals surface area contributed by atoms with Crippen LogP contribution in [-0.4, -0.2) is 41.7 Å². The Morgan fingerprint density at radius 2 is 2.33 bits per heavy atom. The fraction of sp³-hybridized carbons (Fsp3) is 0.562. The summed E-state index contributed by atoms with van der Waals surface area (Å²) in [5.74, 6) is 0.500. The van der Waals surface area contributed by atoms with Gasteiger partial charge in [-0.15, -0.1) is 0 Å². The van der Waals surface area contributed by atoms with Crippen LogP contribution >= 0.6 is 0 Å². The van der Waals surface area contributed by atoms with E-state index >= 15 is 0 Å². The van der Waals surface area contributed by atoms with Crippen molar-refractivity contribution < 1.29 is 9.90 Å². The molecule has 1 fully saturated rings. The third-order valence-electron chi connectivity index (χ3n) is 4.26. The summed E-state index contributed by atoms with van der Waals surface area (Å²) >= 11 is 0. The third-order valence-corrected chi connectivity index (χ3v) is 4.26. The summed E-state index contributed by atoms with van der Waals surface area (Å²) < 4.78 is 0. The van der Waals surface area contributed by atoms with E-state index in [2.05, 4.69) is 17.1 Å². The average molecular weight is 291 g/mol. The Hall–Kier alpha value is -1.43. The molecule has 5 heteroatoms. The number of nitrogens with zero attached hydrogens (tertiary/aromatic N) is 1. The molecule has 0 radical (unpaired) electrons. The minimum atomic E-state index is 0.000384. The number of rotatable bonds is 6. The summed E-state index contributed by atoms with van der Waals surface area (Å²) in [5, 5.41) is 12.3. The normalized spacial score (nSPS) is 22.4. The molecule has 1 aromatic rings. The minimum absolute atomic E-state index is 0.000384. The Bertz CT molecular complexity index is 478. The molecule has 0 aromatic heterocycles. The first-order chi connectivity index (χ1) is 10.1. The van der Waals surface area contributed by atoms with Crippen molar-refractivity contribution in [1.82, 2.24) is 4.90 Å². The summed E-state index contributed by atoms with van der Waals surface area (Å²) in [6, 6.07) is 7.78. The van der Waals surface area contributed by atoms with Crippen molar-refractivity contribution in [2.75, 3.05) is 25.0 Å². The van der Waals surface area contributed by atoms with Crippen LogP contribution < -0.4 is 11.1 Å². The molecule has 0 aliphatic carbocycles. The zero-order valence-corrected chi connectivity index (χ0v) is 12.6. The van der Waals surface area contributed by atoms with E-state index in [0.717, 1.165) is 24.2 Å². The number of benzene rings is 1. The topological polar surface area (TPSA) is 78.6 Å². The molecule has 1 saturated heterocycles. The number of likely N-dealkylation sites (tertiary alicyclic amines) is 1. The van der Waals surface area contributed by atoms with E-state index < -0.39 is 0 Å². The molecule has 2 atom stereocenters. The number of carbonyl (C=O) groups is 1. The summed E-state index contributed by atoms with van der Waals surface area (Å²) in [6.45, 7) is 4.44. The van der Waals surface area contributed by atoms with Gasteiger partial charge in [-0.1, -0.05) is 19.1 Å². The van der Waals surface area contributed by atoms with Crippen LogP contribution in [0.4, 0.5) is 5.69 Å². The maximum Gasteiger partial charge on any atom is 0.225 e. The highest BCUT2D eigenvalue weighted by Gasteiger charge is 2.30. The van der Waals surface area contributed by atoms with Crippen LogP contribution in [0.25, 0.3) is 0 Å². The number of amides is 1. The molecule has 1 aromatic carbocycles. The predicted octanol–water partition coefficient (Wildman–Crippen LogP) is 1.18. The molecule has 1 heterocycles. The van der Waals surface area contributed by atoms with E-state index in [9.17, 15) is 9.90 Å². The lowest BCUT2D eigenvalue weighted by Gasteiger charge is -2.24. The molecule has 0 saturated carbocycles. The van der Waals surface area contributed by atoms with Gasteiger partial charge in [-0.2, -0.15) is 0 Å². The fourth-order valence-corrected chi connectivity index (χ4v) is 2.91. The van der Waals surface area contributed by atoms with Gasteiger partial charge in [-0.3, -0.25) is 9.69 Å². The van der Waals surface area contributed by atoms with Gasteiger partial charge in [0.25, 0.3) is 0 Å². The summed E-state index contributed by atoms with van der Waals surface area (Å²) in [5.41, 5.74) is 7.38. The standard InChI is InChI=1S/C16H25N3O2/c1-12-5-7-19(15(12)11-20)8-6-16(21)18-14-4-2-3-13(9-14)10-17/h2-4,9,12,15,20H,5-8,10-11,17H2,1H3,(H,18,21). The Kier molecular flexibility index (Phi) is 5.73. The molecule has 2 unspecified atom stereocenters. The number of hydrogen-bond acceptors (Lipinski definition) is 4. The predicted molar refractivity (Wildman–Crippen MR) is 83.8 cm³/mol. The number of anilines is 1. The quantitative estimate of drug-likeness (QED) is 0.735. The number of aliphatic hydroxyl groups excluding tert-OH is 1. The monoisotopic (exact) mass is 291 g/mol. The van der Waals surface area contributed by atoms with Crippen LogP contribution in [0, 0.1) is 5.92 Å². The van der Waals surface area contributed by atoms with E-state index in [1.54, 1.807) is 0 Å². The van der Waals surface area contributed by atoms with Crippen molar-refractivity contribution >= 4 is 11.6 Å². The van der Waals surface area contributed by atoms with Crippen LogP contribution in [0.15, 0.2) is 24.3 Å². The van der Waals surface area contributed by atoms with Crippen molar-refractivity contribution in [2.45, 2.75) is 32.4 Å². The van der Waals surface area contributed by atoms with Crippen LogP contribution in [-0.2, 0) is 11.3 Å². The first-order valence-corrected chi connectivity index (χ1v) is 7.57. The fourth-order valence-electron chi connectivity index (χ4n) is 2.91. The Morgan fingerprint density at radius 3 is 3.05 bits per heavy atom. The first-order valence-electron chi connectivity index (χ1n) is 7.57. The van der Waals surface area contributed by atoms with Crippen LogP contribution in [0.2, 0.25) is 0 Å². The van der Waals surface area contributed by atoms with E-state index in [1.807, 2.05) is 24.3 Å². The third kappa shape index (κ3) is 4.27. The minimum Gasteiger partial charge on any atom is -0.395 e. The van der Waals surface area contributed by atoms with E-state index in [4.69, 9.17) is 5.73 Å². The highest BCUT2D eigenvalue weighted by molar-refractivity contribution is 5.90. The maximum atomic E-state index is 12.0. The largest absolute Gasteiger partial charge is 0.395 e. The lowest BCUT2D eigenvalue weighted by atomic mass is 10.0. The zero-order chi connectivity index (χ0) is 15.2. The van der Waals surface area contributed by atoms with Crippen molar-refractivity contribution in [2.24, 2.45) is 11.7 Å². The van der Waals surface area contributed by atoms with Crippen LogP contribution in [0.5, 0.6) is 0 Å². The molecule has 5 nitrogen and oxygen atoms in total. The first kappa shape index (κ1) is 15.9. The van der Waals surface area contributed by atoms with Crippen molar-refractivity contribution in [1.29, 1.82) is 0 Å². The zero-order valence-electron chi connectivity index (χ0n) is 12.6. The Balaban J connectivity index is 1.82. The lowest BCUT2D eigenvalue weighted by Crippen LogP contribution is -2.37. The highest BCUT2D eigenvalue weighted by Crippen LogP contribution is 2.23. The van der Waals surface area contributed by atoms with Crippen LogP contribution in [0.1, 0.15) is 25.3 Å².